The van der Waals surface area contributed by atoms with E-state index in [-0.39, 0.29) is 0 Å². The van der Waals surface area contributed by atoms with Gasteiger partial charge < -0.3 is 0 Å². The number of hydrogen-bond donors (Lipinski definition) is 1. The van der Waals surface area contributed by atoms with Gasteiger partial charge in [0, 0.05) is 12.3 Å². The third kappa shape index (κ3) is 0.389. The maximum atomic E-state index is 4.53. The van der Waals surface area contributed by atoms with Crippen LogP contribution in [0.4, 0.5) is 0 Å². The molecule has 27 valence electrons. The van der Waals surface area contributed by atoms with Crippen LogP contribution in [0.3, 0.4) is 0 Å². The molecule has 5 heavy (non-hydrogen) atoms. The largest absolute Gasteiger partial charge is 0.274 e. The Morgan fingerprint density at radius 3 is 3.20 bits per heavy atom. The molecule has 2 nitrogen and oxygen atoms in total. The summed E-state index contributed by atoms with van der Waals surface area (Å²) in [6.45, 7) is 0.583. The molecule has 0 atom stereocenters. The summed E-state index contributed by atoms with van der Waals surface area (Å²) < 4.78 is 0. The van der Waals surface area contributed by atoms with Crippen LogP contribution in [-0.4, -0.2) is 6.61 Å². The van der Waals surface area contributed by atoms with E-state index in [0.29, 0.717) is 6.61 Å². The highest BCUT2D eigenvalue weighted by Gasteiger charge is 1.82. The summed E-state index contributed by atoms with van der Waals surface area (Å²) in [5, 5.41) is 0. The van der Waals surface area contributed by atoms with Gasteiger partial charge in [-0.05, 0) is 0 Å². The van der Waals surface area contributed by atoms with Crippen molar-refractivity contribution in [2.24, 2.45) is 0 Å². The van der Waals surface area contributed by atoms with Gasteiger partial charge in [-0.3, -0.25) is 10.3 Å². The van der Waals surface area contributed by atoms with Crippen LogP contribution in [-0.2, 0) is 4.84 Å². The van der Waals surface area contributed by atoms with Crippen molar-refractivity contribution in [1.29, 1.82) is 0 Å². The number of rotatable bonds is 0. The molecule has 0 aliphatic carbocycles. The fourth-order valence-electron chi connectivity index (χ4n) is 0.208. The standard InChI is InChI=1S/C3H4NO/c1-2-4-5-3-1/h2,4H,3H2. The van der Waals surface area contributed by atoms with Crippen LogP contribution in [0.2, 0.25) is 0 Å². The maximum Gasteiger partial charge on any atom is 0.101 e. The Hall–Kier alpha value is -0.500. The molecule has 1 aliphatic heterocycles. The van der Waals surface area contributed by atoms with Crippen molar-refractivity contribution in [2.75, 3.05) is 6.61 Å². The fraction of sp³-hybridized carbons (Fsp3) is 0.333. The predicted molar refractivity (Wildman–Crippen MR) is 16.9 cm³/mol. The summed E-state index contributed by atoms with van der Waals surface area (Å²) >= 11 is 0. The normalized spacial score (nSPS) is 19.2. The smallest absolute Gasteiger partial charge is 0.101 e. The van der Waals surface area contributed by atoms with E-state index in [4.69, 9.17) is 0 Å². The Kier molecular flexibility index (Phi) is 0.588. The summed E-state index contributed by atoms with van der Waals surface area (Å²) in [7, 11) is 0. The topological polar surface area (TPSA) is 21.3 Å². The molecule has 1 aliphatic rings. The number of hydrogen-bond acceptors (Lipinski definition) is 2. The van der Waals surface area contributed by atoms with Gasteiger partial charge in [-0.15, -0.1) is 0 Å². The molecule has 0 aromatic heterocycles. The Morgan fingerprint density at radius 1 is 2.00 bits per heavy atom. The molecule has 0 unspecified atom stereocenters. The van der Waals surface area contributed by atoms with Gasteiger partial charge >= 0.3 is 0 Å². The Balaban J connectivity index is 2.32. The molecule has 0 saturated heterocycles. The molecular formula is C3H4NO. The minimum Gasteiger partial charge on any atom is -0.274 e. The first-order valence-electron chi connectivity index (χ1n) is 1.42. The van der Waals surface area contributed by atoms with Crippen LogP contribution in [0.5, 0.6) is 0 Å². The van der Waals surface area contributed by atoms with E-state index in [0.717, 1.165) is 0 Å². The highest BCUT2D eigenvalue weighted by Crippen LogP contribution is 1.75. The van der Waals surface area contributed by atoms with E-state index < -0.39 is 0 Å². The highest BCUT2D eigenvalue weighted by atomic mass is 16.6. The molecule has 0 fully saturated rings. The lowest BCUT2D eigenvalue weighted by Crippen LogP contribution is -1.95. The Bertz CT molecular complexity index is 44.9. The second kappa shape index (κ2) is 1.08. The summed E-state index contributed by atoms with van der Waals surface area (Å²) in [4.78, 5) is 4.53. The zero-order valence-electron chi connectivity index (χ0n) is 2.69. The molecule has 0 aromatic rings. The molecule has 0 aromatic carbocycles. The van der Waals surface area contributed by atoms with Crippen LogP contribution in [0.25, 0.3) is 0 Å². The van der Waals surface area contributed by atoms with Crippen molar-refractivity contribution in [2.45, 2.75) is 0 Å². The van der Waals surface area contributed by atoms with Crippen LogP contribution >= 0.6 is 0 Å². The first kappa shape index (κ1) is 2.72. The molecule has 0 amide bonds. The van der Waals surface area contributed by atoms with Gasteiger partial charge in [-0.25, -0.2) is 0 Å². The van der Waals surface area contributed by atoms with Gasteiger partial charge in [-0.2, -0.15) is 0 Å². The van der Waals surface area contributed by atoms with E-state index in [2.05, 4.69) is 16.4 Å². The second-order valence-corrected chi connectivity index (χ2v) is 0.755. The minimum atomic E-state index is 0.583. The highest BCUT2D eigenvalue weighted by molar-refractivity contribution is 4.70. The van der Waals surface area contributed by atoms with Crippen molar-refractivity contribution in [3.63, 3.8) is 0 Å². The van der Waals surface area contributed by atoms with Crippen LogP contribution < -0.4 is 5.48 Å². The van der Waals surface area contributed by atoms with E-state index in [1.54, 1.807) is 6.20 Å². The lowest BCUT2D eigenvalue weighted by Gasteiger charge is -1.81. The Labute approximate surface area is 30.4 Å². The van der Waals surface area contributed by atoms with Gasteiger partial charge in [0.25, 0.3) is 0 Å². The summed E-state index contributed by atoms with van der Waals surface area (Å²) in [6.07, 6.45) is 4.40. The number of nitrogens with one attached hydrogen (secondary N) is 1. The quantitative estimate of drug-likeness (QED) is 0.427. The van der Waals surface area contributed by atoms with Gasteiger partial charge in [0.2, 0.25) is 0 Å². The van der Waals surface area contributed by atoms with E-state index in [1.165, 1.54) is 0 Å². The molecule has 2 heteroatoms. The average Bonchev–Trinajstić information content (AvgIpc) is 1.76. The molecule has 1 heterocycles. The SMILES string of the molecule is [C]1=CNOC1. The average molecular weight is 70.1 g/mol. The van der Waals surface area contributed by atoms with Crippen LogP contribution in [0.1, 0.15) is 0 Å². The summed E-state index contributed by atoms with van der Waals surface area (Å²) in [6, 6.07) is 0. The monoisotopic (exact) mass is 70.0 g/mol. The van der Waals surface area contributed by atoms with Crippen LogP contribution in [0, 0.1) is 6.08 Å². The molecule has 0 bridgehead atoms. The zero-order valence-corrected chi connectivity index (χ0v) is 2.69. The van der Waals surface area contributed by atoms with Crippen molar-refractivity contribution in [3.05, 3.63) is 12.3 Å². The van der Waals surface area contributed by atoms with E-state index >= 15 is 0 Å². The summed E-state index contributed by atoms with van der Waals surface area (Å²) in [5.74, 6) is 0. The lowest BCUT2D eigenvalue weighted by atomic mass is 10.7. The Morgan fingerprint density at radius 2 is 3.00 bits per heavy atom. The lowest BCUT2D eigenvalue weighted by molar-refractivity contribution is 0.114. The van der Waals surface area contributed by atoms with Gasteiger partial charge in [0.05, 0.1) is 0 Å². The molecule has 1 radical (unpaired) electrons. The predicted octanol–water partition coefficient (Wildman–Crippen LogP) is -0.162. The fourth-order valence-corrected chi connectivity index (χ4v) is 0.208. The minimum absolute atomic E-state index is 0.583. The number of hydroxylamine groups is 1. The van der Waals surface area contributed by atoms with Crippen molar-refractivity contribution >= 4 is 0 Å². The van der Waals surface area contributed by atoms with E-state index in [1.807, 2.05) is 0 Å². The first-order chi connectivity index (χ1) is 2.50. The molecular weight excluding hydrogens is 66.0 g/mol. The third-order valence-corrected chi connectivity index (χ3v) is 0.400. The molecule has 1 rings (SSSR count). The maximum absolute atomic E-state index is 4.53. The van der Waals surface area contributed by atoms with Gasteiger partial charge in [0.1, 0.15) is 6.61 Å². The first-order valence-corrected chi connectivity index (χ1v) is 1.42. The van der Waals surface area contributed by atoms with E-state index in [9.17, 15) is 0 Å². The second-order valence-electron chi connectivity index (χ2n) is 0.755. The molecule has 0 saturated carbocycles. The summed E-state index contributed by atoms with van der Waals surface area (Å²) in [5.41, 5.74) is 2.49. The zero-order chi connectivity index (χ0) is 3.54. The van der Waals surface area contributed by atoms with Gasteiger partial charge in [-0.1, -0.05) is 0 Å². The molecule has 1 N–H and O–H groups in total. The van der Waals surface area contributed by atoms with Crippen molar-refractivity contribution in [3.8, 4) is 0 Å². The van der Waals surface area contributed by atoms with Crippen molar-refractivity contribution in [1.82, 2.24) is 5.48 Å². The third-order valence-electron chi connectivity index (χ3n) is 0.400. The van der Waals surface area contributed by atoms with Gasteiger partial charge in [0.15, 0.2) is 0 Å². The van der Waals surface area contributed by atoms with Crippen molar-refractivity contribution < 1.29 is 4.84 Å². The van der Waals surface area contributed by atoms with Crippen LogP contribution in [0.15, 0.2) is 6.20 Å². The molecule has 0 spiro atoms.